The number of fused-ring (bicyclic) bond motifs is 6. The van der Waals surface area contributed by atoms with Gasteiger partial charge in [0.25, 0.3) is 0 Å². The number of anilines is 2. The van der Waals surface area contributed by atoms with Gasteiger partial charge in [0.2, 0.25) is 0 Å². The fourth-order valence-electron chi connectivity index (χ4n) is 4.72. The molecule has 3 fully saturated rings. The van der Waals surface area contributed by atoms with Crippen molar-refractivity contribution in [1.82, 2.24) is 14.4 Å². The van der Waals surface area contributed by atoms with Crippen molar-refractivity contribution in [3.8, 4) is 0 Å². The third-order valence-corrected chi connectivity index (χ3v) is 5.43. The van der Waals surface area contributed by atoms with Gasteiger partial charge in [-0.2, -0.15) is 0 Å². The maximum Gasteiger partial charge on any atom is 0.180 e. The van der Waals surface area contributed by atoms with E-state index in [1.807, 2.05) is 16.8 Å². The van der Waals surface area contributed by atoms with E-state index in [2.05, 4.69) is 15.3 Å². The van der Waals surface area contributed by atoms with Crippen LogP contribution in [-0.4, -0.2) is 20.4 Å². The zero-order chi connectivity index (χ0) is 12.6. The maximum atomic E-state index is 5.86. The Bertz CT molecular complexity index is 647. The molecule has 5 nitrogen and oxygen atoms in total. The lowest BCUT2D eigenvalue weighted by Crippen LogP contribution is -2.15. The molecule has 3 aliphatic rings. The van der Waals surface area contributed by atoms with E-state index in [9.17, 15) is 0 Å². The number of nitrogen functional groups attached to an aromatic ring is 1. The molecule has 98 valence electrons. The molecule has 2 aromatic heterocycles. The predicted molar refractivity (Wildman–Crippen MR) is 72.6 cm³/mol. The summed E-state index contributed by atoms with van der Waals surface area (Å²) in [4.78, 5) is 8.81. The van der Waals surface area contributed by atoms with Gasteiger partial charge in [0.05, 0.1) is 6.20 Å². The molecule has 0 aliphatic heterocycles. The Hall–Kier alpha value is -1.78. The number of imidazole rings is 1. The summed E-state index contributed by atoms with van der Waals surface area (Å²) in [6.45, 7) is 0. The number of aromatic nitrogens is 3. The lowest BCUT2D eigenvalue weighted by Gasteiger charge is -2.12. The van der Waals surface area contributed by atoms with Crippen molar-refractivity contribution in [1.29, 1.82) is 0 Å². The predicted octanol–water partition coefficient (Wildman–Crippen LogP) is 1.77. The van der Waals surface area contributed by atoms with Crippen molar-refractivity contribution in [3.63, 3.8) is 0 Å². The number of hydrogen-bond donors (Lipinski definition) is 2. The molecule has 0 radical (unpaired) electrons. The minimum absolute atomic E-state index is 0.543. The summed E-state index contributed by atoms with van der Waals surface area (Å²) in [7, 11) is 0. The van der Waals surface area contributed by atoms with E-state index in [1.165, 1.54) is 19.3 Å². The molecule has 2 aromatic rings. The Balaban J connectivity index is 1.49. The molecule has 4 unspecified atom stereocenters. The zero-order valence-corrected chi connectivity index (χ0v) is 10.7. The highest BCUT2D eigenvalue weighted by molar-refractivity contribution is 5.66. The van der Waals surface area contributed by atoms with Gasteiger partial charge in [-0.1, -0.05) is 0 Å². The topological polar surface area (TPSA) is 68.2 Å². The molecule has 0 saturated heterocycles. The van der Waals surface area contributed by atoms with Gasteiger partial charge >= 0.3 is 0 Å². The maximum absolute atomic E-state index is 5.86. The third kappa shape index (κ3) is 1.25. The molecule has 0 aromatic carbocycles. The fraction of sp³-hybridized carbons (Fsp3) is 0.571. The van der Waals surface area contributed by atoms with Crippen LogP contribution < -0.4 is 11.1 Å². The molecule has 0 spiro atoms. The van der Waals surface area contributed by atoms with Gasteiger partial charge in [0.1, 0.15) is 5.82 Å². The summed E-state index contributed by atoms with van der Waals surface area (Å²) in [5, 5.41) is 3.61. The van der Waals surface area contributed by atoms with Crippen LogP contribution in [0.5, 0.6) is 0 Å². The first-order chi connectivity index (χ1) is 9.31. The van der Waals surface area contributed by atoms with Crippen molar-refractivity contribution in [2.24, 2.45) is 23.7 Å². The zero-order valence-electron chi connectivity index (χ0n) is 10.7. The van der Waals surface area contributed by atoms with E-state index in [4.69, 9.17) is 5.73 Å². The summed E-state index contributed by atoms with van der Waals surface area (Å²) >= 11 is 0. The molecule has 4 atom stereocenters. The van der Waals surface area contributed by atoms with E-state index in [-0.39, 0.29) is 0 Å². The van der Waals surface area contributed by atoms with Gasteiger partial charge in [-0.25, -0.2) is 9.97 Å². The van der Waals surface area contributed by atoms with Crippen LogP contribution >= 0.6 is 0 Å². The summed E-state index contributed by atoms with van der Waals surface area (Å²) in [6.07, 6.45) is 9.86. The van der Waals surface area contributed by atoms with Gasteiger partial charge in [0.15, 0.2) is 11.5 Å². The first-order valence-electron chi connectivity index (χ1n) is 7.17. The Kier molecular flexibility index (Phi) is 1.70. The second-order valence-electron chi connectivity index (χ2n) is 6.33. The lowest BCUT2D eigenvalue weighted by atomic mass is 10.0. The molecule has 19 heavy (non-hydrogen) atoms. The summed E-state index contributed by atoms with van der Waals surface area (Å²) < 4.78 is 1.94. The van der Waals surface area contributed by atoms with E-state index in [1.54, 1.807) is 6.20 Å². The number of nitrogens with one attached hydrogen (secondary N) is 1. The molecule has 5 heteroatoms. The highest BCUT2D eigenvalue weighted by Crippen LogP contribution is 2.66. The second kappa shape index (κ2) is 3.21. The minimum atomic E-state index is 0.543. The molecular formula is C14H17N5. The van der Waals surface area contributed by atoms with Crippen LogP contribution in [-0.2, 0) is 0 Å². The van der Waals surface area contributed by atoms with Gasteiger partial charge in [-0.3, -0.25) is 0 Å². The first-order valence-corrected chi connectivity index (χ1v) is 7.17. The number of hydrogen-bond acceptors (Lipinski definition) is 4. The molecule has 3 saturated carbocycles. The Morgan fingerprint density at radius 2 is 2.05 bits per heavy atom. The average molecular weight is 255 g/mol. The second-order valence-corrected chi connectivity index (χ2v) is 6.33. The lowest BCUT2D eigenvalue weighted by molar-refractivity contribution is 0.456. The van der Waals surface area contributed by atoms with Gasteiger partial charge in [-0.05, 0) is 42.9 Å². The Labute approximate surface area is 111 Å². The van der Waals surface area contributed by atoms with Gasteiger partial charge in [0, 0.05) is 18.4 Å². The summed E-state index contributed by atoms with van der Waals surface area (Å²) in [5.74, 6) is 5.09. The van der Waals surface area contributed by atoms with Crippen LogP contribution in [0.3, 0.4) is 0 Å². The van der Waals surface area contributed by atoms with Crippen LogP contribution in [0.2, 0.25) is 0 Å². The van der Waals surface area contributed by atoms with Crippen LogP contribution in [0.4, 0.5) is 11.6 Å². The molecule has 0 amide bonds. The van der Waals surface area contributed by atoms with Crippen LogP contribution in [0.1, 0.15) is 19.3 Å². The number of rotatable bonds is 2. The highest BCUT2D eigenvalue weighted by Gasteiger charge is 2.65. The SMILES string of the molecule is Nc1cn2ccnc2c(NC2C3C4CCC(C4)C23)n1. The smallest absolute Gasteiger partial charge is 0.180 e. The normalized spacial score (nSPS) is 38.6. The van der Waals surface area contributed by atoms with E-state index < -0.39 is 0 Å². The summed E-state index contributed by atoms with van der Waals surface area (Å²) in [6, 6.07) is 0.612. The standard InChI is InChI=1S/C14H17N5/c15-9-6-19-4-3-16-14(19)13(17-9)18-12-10-7-1-2-8(5-7)11(10)12/h3-4,6-8,10-12H,1-2,5,15H2,(H,17,18). The third-order valence-electron chi connectivity index (χ3n) is 5.43. The Morgan fingerprint density at radius 1 is 1.26 bits per heavy atom. The molecule has 3 N–H and O–H groups in total. The average Bonchev–Trinajstić information content (AvgIpc) is 2.81. The van der Waals surface area contributed by atoms with Crippen LogP contribution in [0, 0.1) is 23.7 Å². The number of nitrogens with two attached hydrogens (primary N) is 1. The molecule has 5 rings (SSSR count). The largest absolute Gasteiger partial charge is 0.382 e. The van der Waals surface area contributed by atoms with Crippen molar-refractivity contribution >= 4 is 17.3 Å². The van der Waals surface area contributed by atoms with E-state index >= 15 is 0 Å². The molecular weight excluding hydrogens is 238 g/mol. The molecule has 3 aliphatic carbocycles. The van der Waals surface area contributed by atoms with Crippen LogP contribution in [0.25, 0.3) is 5.65 Å². The minimum Gasteiger partial charge on any atom is -0.382 e. The quantitative estimate of drug-likeness (QED) is 0.858. The van der Waals surface area contributed by atoms with Gasteiger partial charge < -0.3 is 15.5 Å². The highest BCUT2D eigenvalue weighted by atomic mass is 15.2. The van der Waals surface area contributed by atoms with E-state index in [0.29, 0.717) is 11.9 Å². The van der Waals surface area contributed by atoms with Crippen molar-refractivity contribution in [2.75, 3.05) is 11.1 Å². The van der Waals surface area contributed by atoms with Crippen molar-refractivity contribution in [2.45, 2.75) is 25.3 Å². The molecule has 2 bridgehead atoms. The molecule has 2 heterocycles. The Morgan fingerprint density at radius 3 is 2.84 bits per heavy atom. The number of nitrogens with zero attached hydrogens (tertiary/aromatic N) is 3. The fourth-order valence-corrected chi connectivity index (χ4v) is 4.72. The summed E-state index contributed by atoms with van der Waals surface area (Å²) in [5.41, 5.74) is 6.74. The van der Waals surface area contributed by atoms with Crippen LogP contribution in [0.15, 0.2) is 18.6 Å². The van der Waals surface area contributed by atoms with Crippen molar-refractivity contribution < 1.29 is 0 Å². The van der Waals surface area contributed by atoms with E-state index in [0.717, 1.165) is 35.1 Å². The monoisotopic (exact) mass is 255 g/mol. The first kappa shape index (κ1) is 10.1. The van der Waals surface area contributed by atoms with Crippen molar-refractivity contribution in [3.05, 3.63) is 18.6 Å². The van der Waals surface area contributed by atoms with Gasteiger partial charge in [-0.15, -0.1) is 0 Å².